The topological polar surface area (TPSA) is 270 Å². The highest BCUT2D eigenvalue weighted by Gasteiger charge is 2.49. The Balaban J connectivity index is 2.03. The van der Waals surface area contributed by atoms with Crippen molar-refractivity contribution in [2.24, 2.45) is 11.8 Å². The van der Waals surface area contributed by atoms with E-state index in [1.807, 2.05) is 6.92 Å². The molecule has 1 saturated carbocycles. The van der Waals surface area contributed by atoms with Gasteiger partial charge in [-0.15, -0.1) is 0 Å². The summed E-state index contributed by atoms with van der Waals surface area (Å²) in [6.07, 6.45) is 15.5. The number of allylic oxidation sites excluding steroid dienone is 9. The average Bonchev–Trinajstić information content (AvgIpc) is 3.28. The van der Waals surface area contributed by atoms with Gasteiger partial charge >= 0.3 is 19.8 Å². The summed E-state index contributed by atoms with van der Waals surface area (Å²) in [5.41, 5.74) is 0. The normalized spacial score (nSPS) is 32.2. The fourth-order valence-corrected chi connectivity index (χ4v) is 8.64. The first kappa shape index (κ1) is 59.3. The van der Waals surface area contributed by atoms with Crippen molar-refractivity contribution in [3.63, 3.8) is 0 Å². The van der Waals surface area contributed by atoms with Gasteiger partial charge in [0.15, 0.2) is 6.10 Å². The number of esters is 2. The molecular formula is C49H81O16P. The van der Waals surface area contributed by atoms with Crippen LogP contribution in [0.25, 0.3) is 0 Å². The summed E-state index contributed by atoms with van der Waals surface area (Å²) in [7, 11) is -5.43. The average molecular weight is 957 g/mol. The molecule has 16 nitrogen and oxygen atoms in total. The van der Waals surface area contributed by atoms with Crippen LogP contribution in [0.2, 0.25) is 0 Å². The maximum Gasteiger partial charge on any atom is 0.472 e. The van der Waals surface area contributed by atoms with Crippen LogP contribution in [0, 0.1) is 11.8 Å². The first-order valence-electron chi connectivity index (χ1n) is 24.0. The number of aliphatic hydroxyl groups is 8. The summed E-state index contributed by atoms with van der Waals surface area (Å²) >= 11 is 0. The number of carbonyl (C=O) groups excluding carboxylic acids is 2. The predicted molar refractivity (Wildman–Crippen MR) is 250 cm³/mol. The van der Waals surface area contributed by atoms with Crippen molar-refractivity contribution in [3.8, 4) is 0 Å². The molecule has 13 atom stereocenters. The maximum absolute atomic E-state index is 13.4. The molecule has 1 aliphatic carbocycles. The molecule has 1 fully saturated rings. The first-order valence-corrected chi connectivity index (χ1v) is 25.5. The number of carbonyl (C=O) groups is 2. The summed E-state index contributed by atoms with van der Waals surface area (Å²) in [6, 6.07) is 0. The number of phosphoric acid groups is 1. The highest BCUT2D eigenvalue weighted by Crippen LogP contribution is 2.47. The van der Waals surface area contributed by atoms with Gasteiger partial charge in [-0.25, -0.2) is 4.57 Å². The van der Waals surface area contributed by atoms with Crippen molar-refractivity contribution in [1.29, 1.82) is 0 Å². The molecule has 0 amide bonds. The van der Waals surface area contributed by atoms with E-state index in [4.69, 9.17) is 18.5 Å². The van der Waals surface area contributed by atoms with Gasteiger partial charge in [-0.05, 0) is 57.8 Å². The molecule has 2 rings (SSSR count). The molecule has 1 aliphatic heterocycles. The Labute approximate surface area is 392 Å². The zero-order valence-corrected chi connectivity index (χ0v) is 39.9. The van der Waals surface area contributed by atoms with Crippen LogP contribution < -0.4 is 0 Å². The third-order valence-corrected chi connectivity index (χ3v) is 12.6. The molecule has 66 heavy (non-hydrogen) atoms. The molecule has 2 bridgehead atoms. The monoisotopic (exact) mass is 957 g/mol. The highest BCUT2D eigenvalue weighted by atomic mass is 31.2. The molecule has 0 radical (unpaired) electrons. The molecule has 0 aromatic rings. The van der Waals surface area contributed by atoms with E-state index in [2.05, 4.69) is 55.5 Å². The van der Waals surface area contributed by atoms with Crippen LogP contribution in [0.5, 0.6) is 0 Å². The quantitative estimate of drug-likeness (QED) is 0.0237. The van der Waals surface area contributed by atoms with Crippen molar-refractivity contribution in [2.75, 3.05) is 13.2 Å². The van der Waals surface area contributed by atoms with E-state index < -0.39 is 112 Å². The van der Waals surface area contributed by atoms with Crippen LogP contribution in [-0.2, 0) is 32.7 Å². The number of cyclic esters (lactones) is 1. The van der Waals surface area contributed by atoms with E-state index in [1.165, 1.54) is 24.3 Å². The van der Waals surface area contributed by atoms with Crippen LogP contribution >= 0.6 is 7.82 Å². The maximum atomic E-state index is 13.4. The van der Waals surface area contributed by atoms with Crippen LogP contribution in [0.1, 0.15) is 136 Å². The smallest absolute Gasteiger partial charge is 0.462 e. The van der Waals surface area contributed by atoms with Gasteiger partial charge in [-0.1, -0.05) is 132 Å². The predicted octanol–water partition coefficient (Wildman–Crippen LogP) is 5.88. The van der Waals surface area contributed by atoms with Gasteiger partial charge in [-0.2, -0.15) is 0 Å². The Kier molecular flexibility index (Phi) is 31.0. The second-order valence-electron chi connectivity index (χ2n) is 17.2. The largest absolute Gasteiger partial charge is 0.472 e. The minimum Gasteiger partial charge on any atom is -0.462 e. The van der Waals surface area contributed by atoms with E-state index in [0.717, 1.165) is 77.0 Å². The third kappa shape index (κ3) is 24.5. The van der Waals surface area contributed by atoms with E-state index in [0.29, 0.717) is 19.3 Å². The summed E-state index contributed by atoms with van der Waals surface area (Å²) < 4.78 is 34.4. The van der Waals surface area contributed by atoms with Gasteiger partial charge < -0.3 is 55.2 Å². The number of hydrogen-bond acceptors (Lipinski definition) is 15. The molecule has 0 spiro atoms. The Morgan fingerprint density at radius 2 is 1.39 bits per heavy atom. The van der Waals surface area contributed by atoms with Gasteiger partial charge in [0.2, 0.25) is 0 Å². The number of aliphatic hydroxyl groups excluding tert-OH is 8. The lowest BCUT2D eigenvalue weighted by molar-refractivity contribution is -0.167. The second-order valence-corrected chi connectivity index (χ2v) is 18.6. The van der Waals surface area contributed by atoms with Crippen LogP contribution in [0.3, 0.4) is 0 Å². The lowest BCUT2D eigenvalue weighted by Gasteiger charge is -2.37. The second kappa shape index (κ2) is 34.5. The minimum absolute atomic E-state index is 0.0808. The van der Waals surface area contributed by atoms with E-state index in [-0.39, 0.29) is 19.3 Å². The number of rotatable bonds is 24. The molecule has 17 heteroatoms. The highest BCUT2D eigenvalue weighted by molar-refractivity contribution is 7.47. The molecule has 0 aromatic heterocycles. The van der Waals surface area contributed by atoms with Gasteiger partial charge in [0.25, 0.3) is 0 Å². The molecule has 9 N–H and O–H groups in total. The van der Waals surface area contributed by atoms with Gasteiger partial charge in [0.1, 0.15) is 31.0 Å². The van der Waals surface area contributed by atoms with Crippen molar-refractivity contribution < 1.29 is 78.4 Å². The van der Waals surface area contributed by atoms with E-state index in [1.54, 1.807) is 0 Å². The Hall–Kier alpha value is -2.83. The number of phosphoric ester groups is 1. The first-order chi connectivity index (χ1) is 31.6. The van der Waals surface area contributed by atoms with Gasteiger partial charge in [0.05, 0.1) is 43.5 Å². The molecule has 2 aliphatic rings. The Morgan fingerprint density at radius 1 is 0.773 bits per heavy atom. The molecular weight excluding hydrogens is 875 g/mol. The zero-order valence-electron chi connectivity index (χ0n) is 39.0. The SMILES string of the molecule is CC/C=C\C/C=C\C/C=C\C/C=C\CCCCCCCCC(=O)OC[C@@H]1COP(=O)(O)O[C@H]2[C@H](O)[C@@H](O)[C@H](O)[C@H](C/C=C\CC(=O)O1)[C@@H](O)C[C@@H](O)[C@H](/C=C\[C@H](O)CCCCC)[C@@H](O)[C@H]2O. The van der Waals surface area contributed by atoms with Crippen molar-refractivity contribution in [1.82, 2.24) is 0 Å². The number of ether oxygens (including phenoxy) is 2. The Morgan fingerprint density at radius 3 is 2.06 bits per heavy atom. The molecule has 0 aromatic carbocycles. The van der Waals surface area contributed by atoms with Gasteiger partial charge in [0, 0.05) is 24.7 Å². The molecule has 1 heterocycles. The fraction of sp³-hybridized carbons (Fsp3) is 0.714. The summed E-state index contributed by atoms with van der Waals surface area (Å²) in [4.78, 5) is 36.3. The third-order valence-electron chi connectivity index (χ3n) is 11.6. The zero-order chi connectivity index (χ0) is 48.7. The van der Waals surface area contributed by atoms with Crippen molar-refractivity contribution in [2.45, 2.75) is 197 Å². The van der Waals surface area contributed by atoms with Gasteiger partial charge in [-0.3, -0.25) is 18.6 Å². The number of fused-ring (bicyclic) bond motifs is 4. The summed E-state index contributed by atoms with van der Waals surface area (Å²) in [5.74, 6) is -4.27. The van der Waals surface area contributed by atoms with Crippen LogP contribution in [0.15, 0.2) is 72.9 Å². The molecule has 1 unspecified atom stereocenters. The summed E-state index contributed by atoms with van der Waals surface area (Å²) in [6.45, 7) is 2.67. The standard InChI is InChI=1S/C49H81O16P/c1-3-5-7-8-9-10-11-12-13-14-15-16-17-18-19-20-21-22-24-29-42(53)62-34-37-35-63-66(60,61)65-49-47(58)45(56)39(32-31-36(50)27-23-6-4-2)41(52)33-40(51)38(44(55)46(57)48(49)59)28-25-26-30-43(54)64-37/h5,7,9-10,12-13,15-16,25-26,31-32,36-41,44-52,55-59H,3-4,6,8,11,14,17-24,27-30,33-35H2,1-2H3,(H,60,61)/b7-5-,10-9-,13-12-,16-15-,26-25-,32-31-/t36-,37-,38-,39+,40+,41-,44-,45-,46+,47-,48-,49-/m1/s1. The van der Waals surface area contributed by atoms with Crippen molar-refractivity contribution in [3.05, 3.63) is 72.9 Å². The van der Waals surface area contributed by atoms with Crippen LogP contribution in [-0.4, -0.2) is 132 Å². The Bertz CT molecular complexity index is 1560. The molecule has 378 valence electrons. The number of unbranched alkanes of at least 4 members (excludes halogenated alkanes) is 8. The number of hydrogen-bond donors (Lipinski definition) is 9. The lowest BCUT2D eigenvalue weighted by atomic mass is 9.83. The van der Waals surface area contributed by atoms with Crippen molar-refractivity contribution >= 4 is 19.8 Å². The molecule has 0 saturated heterocycles. The lowest BCUT2D eigenvalue weighted by Crippen LogP contribution is -2.55. The van der Waals surface area contributed by atoms with E-state index in [9.17, 15) is 59.9 Å². The van der Waals surface area contributed by atoms with Crippen LogP contribution in [0.4, 0.5) is 0 Å². The fourth-order valence-electron chi connectivity index (χ4n) is 7.67. The van der Waals surface area contributed by atoms with E-state index >= 15 is 0 Å². The summed E-state index contributed by atoms with van der Waals surface area (Å²) in [5, 5.41) is 89.5. The minimum atomic E-state index is -5.43.